The van der Waals surface area contributed by atoms with Crippen LogP contribution in [0.2, 0.25) is 0 Å². The standard InChI is InChI=1S/C16H10FN3OS/c17-14-6-4-13(5-7-14)15-19-20-16(21-15)22-10-12-3-1-2-11(8-12)9-18/h1-8H,10H2. The van der Waals surface area contributed by atoms with Crippen molar-refractivity contribution in [3.05, 3.63) is 65.5 Å². The molecule has 6 heteroatoms. The van der Waals surface area contributed by atoms with Crippen LogP contribution in [0.15, 0.2) is 58.2 Å². The third-order valence-electron chi connectivity index (χ3n) is 2.92. The van der Waals surface area contributed by atoms with Gasteiger partial charge < -0.3 is 4.42 Å². The number of benzene rings is 2. The second-order valence-electron chi connectivity index (χ2n) is 4.48. The number of halogens is 1. The lowest BCUT2D eigenvalue weighted by Crippen LogP contribution is -1.82. The zero-order chi connectivity index (χ0) is 15.4. The lowest BCUT2D eigenvalue weighted by Gasteiger charge is -1.98. The summed E-state index contributed by atoms with van der Waals surface area (Å²) in [6, 6.07) is 15.3. The first kappa shape index (κ1) is 14.3. The van der Waals surface area contributed by atoms with Gasteiger partial charge in [-0.25, -0.2) is 4.39 Å². The van der Waals surface area contributed by atoms with Gasteiger partial charge in [-0.05, 0) is 42.0 Å². The highest BCUT2D eigenvalue weighted by Gasteiger charge is 2.09. The van der Waals surface area contributed by atoms with Crippen LogP contribution in [0.4, 0.5) is 4.39 Å². The molecule has 4 nitrogen and oxygen atoms in total. The minimum absolute atomic E-state index is 0.310. The first-order chi connectivity index (χ1) is 10.7. The predicted molar refractivity (Wildman–Crippen MR) is 80.4 cm³/mol. The van der Waals surface area contributed by atoms with Gasteiger partial charge in [0.15, 0.2) is 0 Å². The molecule has 0 amide bonds. The molecule has 0 N–H and O–H groups in total. The third kappa shape index (κ3) is 3.32. The summed E-state index contributed by atoms with van der Waals surface area (Å²) in [6.45, 7) is 0. The molecule has 0 spiro atoms. The first-order valence-electron chi connectivity index (χ1n) is 6.46. The Balaban J connectivity index is 1.69. The minimum atomic E-state index is -0.310. The summed E-state index contributed by atoms with van der Waals surface area (Å²) < 4.78 is 18.4. The van der Waals surface area contributed by atoms with E-state index >= 15 is 0 Å². The van der Waals surface area contributed by atoms with Crippen LogP contribution in [0.1, 0.15) is 11.1 Å². The fourth-order valence-corrected chi connectivity index (χ4v) is 2.56. The van der Waals surface area contributed by atoms with Gasteiger partial charge in [0.1, 0.15) is 5.82 Å². The van der Waals surface area contributed by atoms with Crippen molar-refractivity contribution in [1.82, 2.24) is 10.2 Å². The summed E-state index contributed by atoms with van der Waals surface area (Å²) >= 11 is 1.39. The van der Waals surface area contributed by atoms with Crippen LogP contribution in [0.5, 0.6) is 0 Å². The number of thioether (sulfide) groups is 1. The van der Waals surface area contributed by atoms with Gasteiger partial charge >= 0.3 is 0 Å². The summed E-state index contributed by atoms with van der Waals surface area (Å²) in [4.78, 5) is 0. The topological polar surface area (TPSA) is 62.7 Å². The average molecular weight is 311 g/mol. The van der Waals surface area contributed by atoms with E-state index in [1.807, 2.05) is 18.2 Å². The van der Waals surface area contributed by atoms with E-state index < -0.39 is 0 Å². The van der Waals surface area contributed by atoms with Crippen molar-refractivity contribution in [2.75, 3.05) is 0 Å². The van der Waals surface area contributed by atoms with Crippen molar-refractivity contribution in [3.63, 3.8) is 0 Å². The maximum Gasteiger partial charge on any atom is 0.277 e. The molecular formula is C16H10FN3OS. The molecule has 3 rings (SSSR count). The zero-order valence-electron chi connectivity index (χ0n) is 11.4. The smallest absolute Gasteiger partial charge is 0.277 e. The minimum Gasteiger partial charge on any atom is -0.411 e. The monoisotopic (exact) mass is 311 g/mol. The fourth-order valence-electron chi connectivity index (χ4n) is 1.85. The lowest BCUT2D eigenvalue weighted by molar-refractivity contribution is 0.465. The molecule has 0 fully saturated rings. The van der Waals surface area contributed by atoms with Gasteiger partial charge in [0.25, 0.3) is 5.22 Å². The lowest BCUT2D eigenvalue weighted by atomic mass is 10.2. The van der Waals surface area contributed by atoms with E-state index in [1.54, 1.807) is 18.2 Å². The van der Waals surface area contributed by atoms with E-state index in [0.717, 1.165) is 5.56 Å². The Morgan fingerprint density at radius 1 is 1.14 bits per heavy atom. The van der Waals surface area contributed by atoms with Gasteiger partial charge in [-0.3, -0.25) is 0 Å². The molecule has 22 heavy (non-hydrogen) atoms. The van der Waals surface area contributed by atoms with Crippen LogP contribution in [0.25, 0.3) is 11.5 Å². The van der Waals surface area contributed by atoms with Crippen molar-refractivity contribution < 1.29 is 8.81 Å². The molecule has 0 atom stereocenters. The van der Waals surface area contributed by atoms with Crippen LogP contribution in [-0.4, -0.2) is 10.2 Å². The molecule has 108 valence electrons. The number of nitrogens with zero attached hydrogens (tertiary/aromatic N) is 3. The zero-order valence-corrected chi connectivity index (χ0v) is 12.2. The Morgan fingerprint density at radius 2 is 1.95 bits per heavy atom. The maximum atomic E-state index is 12.9. The van der Waals surface area contributed by atoms with Crippen molar-refractivity contribution in [2.45, 2.75) is 11.0 Å². The van der Waals surface area contributed by atoms with E-state index in [-0.39, 0.29) is 5.82 Å². The second-order valence-corrected chi connectivity index (χ2v) is 5.41. The summed E-state index contributed by atoms with van der Waals surface area (Å²) in [6.07, 6.45) is 0. The first-order valence-corrected chi connectivity index (χ1v) is 7.44. The summed E-state index contributed by atoms with van der Waals surface area (Å²) in [7, 11) is 0. The van der Waals surface area contributed by atoms with E-state index in [4.69, 9.17) is 9.68 Å². The Morgan fingerprint density at radius 3 is 2.73 bits per heavy atom. The molecule has 1 heterocycles. The molecule has 0 aliphatic carbocycles. The summed E-state index contributed by atoms with van der Waals surface area (Å²) in [5.41, 5.74) is 2.30. The SMILES string of the molecule is N#Cc1cccc(CSc2nnc(-c3ccc(F)cc3)o2)c1. The highest BCUT2D eigenvalue weighted by atomic mass is 32.2. The number of hydrogen-bond acceptors (Lipinski definition) is 5. The van der Waals surface area contributed by atoms with Crippen molar-refractivity contribution >= 4 is 11.8 Å². The number of nitriles is 1. The van der Waals surface area contributed by atoms with Gasteiger partial charge in [0, 0.05) is 11.3 Å². The Hall–Kier alpha value is -2.65. The largest absolute Gasteiger partial charge is 0.411 e. The van der Waals surface area contributed by atoms with Gasteiger partial charge in [-0.1, -0.05) is 23.9 Å². The van der Waals surface area contributed by atoms with E-state index in [9.17, 15) is 4.39 Å². The highest BCUT2D eigenvalue weighted by molar-refractivity contribution is 7.98. The molecule has 0 radical (unpaired) electrons. The molecule has 0 aliphatic rings. The second kappa shape index (κ2) is 6.41. The Bertz CT molecular complexity index is 824. The van der Waals surface area contributed by atoms with Crippen molar-refractivity contribution in [2.24, 2.45) is 0 Å². The van der Waals surface area contributed by atoms with Crippen molar-refractivity contribution in [3.8, 4) is 17.5 Å². The third-order valence-corrected chi connectivity index (χ3v) is 3.81. The quantitative estimate of drug-likeness (QED) is 0.680. The molecule has 0 saturated heterocycles. The molecule has 2 aromatic carbocycles. The van der Waals surface area contributed by atoms with Crippen molar-refractivity contribution in [1.29, 1.82) is 5.26 Å². The summed E-state index contributed by atoms with van der Waals surface area (Å²) in [5, 5.41) is 17.2. The molecule has 0 bridgehead atoms. The molecule has 0 unspecified atom stereocenters. The van der Waals surface area contributed by atoms with Crippen LogP contribution < -0.4 is 0 Å². The van der Waals surface area contributed by atoms with Gasteiger partial charge in [-0.15, -0.1) is 10.2 Å². The molecule has 3 aromatic rings. The summed E-state index contributed by atoms with van der Waals surface area (Å²) in [5.74, 6) is 0.670. The number of aromatic nitrogens is 2. The average Bonchev–Trinajstić information content (AvgIpc) is 3.03. The van der Waals surface area contributed by atoms with Crippen LogP contribution in [-0.2, 0) is 5.75 Å². The number of rotatable bonds is 4. The molecular weight excluding hydrogens is 301 g/mol. The van der Waals surface area contributed by atoms with Crippen LogP contribution >= 0.6 is 11.8 Å². The van der Waals surface area contributed by atoms with E-state index in [1.165, 1.54) is 23.9 Å². The Kier molecular flexibility index (Phi) is 4.17. The number of hydrogen-bond donors (Lipinski definition) is 0. The molecule has 1 aromatic heterocycles. The van der Waals surface area contributed by atoms with Crippen LogP contribution in [0.3, 0.4) is 0 Å². The Labute approximate surface area is 130 Å². The van der Waals surface area contributed by atoms with Gasteiger partial charge in [0.05, 0.1) is 11.6 Å². The van der Waals surface area contributed by atoms with E-state index in [2.05, 4.69) is 16.3 Å². The molecule has 0 aliphatic heterocycles. The fraction of sp³-hybridized carbons (Fsp3) is 0.0625. The molecule has 0 saturated carbocycles. The normalized spacial score (nSPS) is 10.4. The van der Waals surface area contributed by atoms with Gasteiger partial charge in [-0.2, -0.15) is 5.26 Å². The predicted octanol–water partition coefficient (Wildman–Crippen LogP) is 4.04. The maximum absolute atomic E-state index is 12.9. The van der Waals surface area contributed by atoms with Gasteiger partial charge in [0.2, 0.25) is 5.89 Å². The van der Waals surface area contributed by atoms with E-state index in [0.29, 0.717) is 28.0 Å². The highest BCUT2D eigenvalue weighted by Crippen LogP contribution is 2.26. The van der Waals surface area contributed by atoms with Crippen LogP contribution in [0, 0.1) is 17.1 Å².